The highest BCUT2D eigenvalue weighted by Gasteiger charge is 2.27. The monoisotopic (exact) mass is 438 g/mol. The van der Waals surface area contributed by atoms with Gasteiger partial charge < -0.3 is 9.64 Å². The predicted molar refractivity (Wildman–Crippen MR) is 109 cm³/mol. The molecule has 2 aromatic carbocycles. The van der Waals surface area contributed by atoms with E-state index in [0.29, 0.717) is 5.69 Å². The quantitative estimate of drug-likeness (QED) is 0.643. The maximum Gasteiger partial charge on any atom is 0.340 e. The lowest BCUT2D eigenvalue weighted by Gasteiger charge is -2.23. The fourth-order valence-electron chi connectivity index (χ4n) is 3.40. The van der Waals surface area contributed by atoms with Gasteiger partial charge in [-0.15, -0.1) is 0 Å². The molecule has 1 unspecified atom stereocenters. The summed E-state index contributed by atoms with van der Waals surface area (Å²) in [5.41, 5.74) is 0.536. The molecular weight excluding hydrogens is 414 g/mol. The zero-order chi connectivity index (χ0) is 22.1. The van der Waals surface area contributed by atoms with Crippen molar-refractivity contribution in [2.75, 3.05) is 32.1 Å². The van der Waals surface area contributed by atoms with Crippen LogP contribution in [0.3, 0.4) is 0 Å². The molecule has 0 amide bonds. The highest BCUT2D eigenvalue weighted by Crippen LogP contribution is 2.30. The van der Waals surface area contributed by atoms with Gasteiger partial charge in [0.15, 0.2) is 0 Å². The summed E-state index contributed by atoms with van der Waals surface area (Å²) in [7, 11) is -0.970. The molecule has 9 heteroatoms. The summed E-state index contributed by atoms with van der Waals surface area (Å²) in [4.78, 5) is 14.9. The van der Waals surface area contributed by atoms with E-state index in [0.717, 1.165) is 48.4 Å². The number of benzene rings is 2. The Bertz CT molecular complexity index is 1050. The van der Waals surface area contributed by atoms with Crippen LogP contribution in [0.2, 0.25) is 0 Å². The number of nitrogens with zero attached hydrogens (tertiary/aromatic N) is 2. The molecule has 0 aromatic heterocycles. The Kier molecular flexibility index (Phi) is 6.42. The Labute approximate surface area is 175 Å². The number of rotatable bonds is 6. The third kappa shape index (κ3) is 4.46. The molecule has 162 valence electrons. The number of carbonyl (C=O) groups excluding carboxylic acids is 1. The SMILES string of the molecule is CC(OC(=O)c1cc(S(=O)(=O)N(C)C)ccc1N1CCCC1)c1cc(F)ccc1F. The lowest BCUT2D eigenvalue weighted by atomic mass is 10.1. The van der Waals surface area contributed by atoms with Gasteiger partial charge >= 0.3 is 5.97 Å². The van der Waals surface area contributed by atoms with E-state index in [1.807, 2.05) is 4.90 Å². The summed E-state index contributed by atoms with van der Waals surface area (Å²) in [5, 5.41) is 0. The molecule has 3 rings (SSSR count). The zero-order valence-electron chi connectivity index (χ0n) is 17.1. The van der Waals surface area contributed by atoms with Gasteiger partial charge in [-0.3, -0.25) is 0 Å². The van der Waals surface area contributed by atoms with Crippen molar-refractivity contribution in [1.82, 2.24) is 4.31 Å². The number of halogens is 2. The van der Waals surface area contributed by atoms with Gasteiger partial charge in [0.05, 0.1) is 16.1 Å². The molecule has 0 N–H and O–H groups in total. The number of anilines is 1. The average Bonchev–Trinajstić information content (AvgIpc) is 3.23. The first-order valence-electron chi connectivity index (χ1n) is 9.58. The molecule has 1 saturated heterocycles. The molecule has 2 aromatic rings. The number of hydrogen-bond donors (Lipinski definition) is 0. The van der Waals surface area contributed by atoms with Crippen molar-refractivity contribution in [2.24, 2.45) is 0 Å². The van der Waals surface area contributed by atoms with E-state index in [9.17, 15) is 22.0 Å². The second-order valence-corrected chi connectivity index (χ2v) is 9.53. The van der Waals surface area contributed by atoms with Crippen LogP contribution in [-0.4, -0.2) is 45.9 Å². The molecule has 0 spiro atoms. The van der Waals surface area contributed by atoms with Gasteiger partial charge in [-0.05, 0) is 56.2 Å². The molecule has 6 nitrogen and oxygen atoms in total. The minimum absolute atomic E-state index is 0.0491. The Morgan fingerprint density at radius 3 is 2.40 bits per heavy atom. The fourth-order valence-corrected chi connectivity index (χ4v) is 4.33. The van der Waals surface area contributed by atoms with Crippen LogP contribution in [0.4, 0.5) is 14.5 Å². The van der Waals surface area contributed by atoms with Crippen LogP contribution in [-0.2, 0) is 14.8 Å². The van der Waals surface area contributed by atoms with Crippen LogP contribution in [0.5, 0.6) is 0 Å². The van der Waals surface area contributed by atoms with Gasteiger partial charge in [0.25, 0.3) is 0 Å². The second-order valence-electron chi connectivity index (χ2n) is 7.37. The summed E-state index contributed by atoms with van der Waals surface area (Å²) in [6.07, 6.45) is 0.850. The summed E-state index contributed by atoms with van der Waals surface area (Å²) in [5.74, 6) is -2.14. The standard InChI is InChI=1S/C21H24F2N2O4S/c1-14(17-12-15(22)6-8-19(17)23)29-21(26)18-13-16(30(27,28)24(2)3)7-9-20(18)25-10-4-5-11-25/h6-9,12-14H,4-5,10-11H2,1-3H3. The number of carbonyl (C=O) groups is 1. The van der Waals surface area contributed by atoms with Gasteiger partial charge in [-0.1, -0.05) is 0 Å². The van der Waals surface area contributed by atoms with Crippen LogP contribution >= 0.6 is 0 Å². The third-order valence-corrected chi connectivity index (χ3v) is 6.90. The molecule has 1 heterocycles. The lowest BCUT2D eigenvalue weighted by molar-refractivity contribution is 0.0331. The Morgan fingerprint density at radius 2 is 1.77 bits per heavy atom. The fraction of sp³-hybridized carbons (Fsp3) is 0.381. The molecule has 0 aliphatic carbocycles. The highest BCUT2D eigenvalue weighted by atomic mass is 32.2. The first-order chi connectivity index (χ1) is 14.1. The molecule has 1 fully saturated rings. The topological polar surface area (TPSA) is 66.9 Å². The van der Waals surface area contributed by atoms with E-state index in [2.05, 4.69) is 0 Å². The summed E-state index contributed by atoms with van der Waals surface area (Å²) >= 11 is 0. The van der Waals surface area contributed by atoms with Gasteiger partial charge in [0.1, 0.15) is 17.7 Å². The molecule has 0 radical (unpaired) electrons. The first kappa shape index (κ1) is 22.2. The van der Waals surface area contributed by atoms with Crippen molar-refractivity contribution >= 4 is 21.7 Å². The number of ether oxygens (including phenoxy) is 1. The van der Waals surface area contributed by atoms with E-state index in [1.165, 1.54) is 33.2 Å². The molecule has 1 aliphatic heterocycles. The summed E-state index contributed by atoms with van der Waals surface area (Å²) in [6, 6.07) is 7.24. The van der Waals surface area contributed by atoms with Crippen LogP contribution in [0.15, 0.2) is 41.3 Å². The molecule has 0 saturated carbocycles. The van der Waals surface area contributed by atoms with Gasteiger partial charge in [-0.2, -0.15) is 0 Å². The van der Waals surface area contributed by atoms with Crippen molar-refractivity contribution < 1.29 is 26.7 Å². The molecule has 30 heavy (non-hydrogen) atoms. The van der Waals surface area contributed by atoms with E-state index >= 15 is 0 Å². The minimum Gasteiger partial charge on any atom is -0.454 e. The van der Waals surface area contributed by atoms with Gasteiger partial charge in [0.2, 0.25) is 10.0 Å². The average molecular weight is 438 g/mol. The smallest absolute Gasteiger partial charge is 0.340 e. The predicted octanol–water partition coefficient (Wildman–Crippen LogP) is 3.73. The molecule has 1 aliphatic rings. The number of hydrogen-bond acceptors (Lipinski definition) is 5. The Balaban J connectivity index is 1.98. The second kappa shape index (κ2) is 8.69. The normalized spacial score (nSPS) is 15.5. The summed E-state index contributed by atoms with van der Waals surface area (Å²) < 4.78 is 59.1. The van der Waals surface area contributed by atoms with Crippen LogP contribution < -0.4 is 4.90 Å². The third-order valence-electron chi connectivity index (χ3n) is 5.09. The Hall–Kier alpha value is -2.52. The number of esters is 1. The van der Waals surface area contributed by atoms with E-state index in [-0.39, 0.29) is 16.0 Å². The van der Waals surface area contributed by atoms with E-state index in [1.54, 1.807) is 6.07 Å². The Morgan fingerprint density at radius 1 is 1.10 bits per heavy atom. The van der Waals surface area contributed by atoms with Crippen molar-refractivity contribution in [2.45, 2.75) is 30.8 Å². The first-order valence-corrected chi connectivity index (χ1v) is 11.0. The van der Waals surface area contributed by atoms with Crippen LogP contribution in [0.25, 0.3) is 0 Å². The lowest BCUT2D eigenvalue weighted by Crippen LogP contribution is -2.25. The maximum atomic E-state index is 14.1. The number of sulfonamides is 1. The van der Waals surface area contributed by atoms with Crippen LogP contribution in [0, 0.1) is 11.6 Å². The van der Waals surface area contributed by atoms with Gasteiger partial charge in [-0.25, -0.2) is 26.3 Å². The van der Waals surface area contributed by atoms with E-state index in [4.69, 9.17) is 4.74 Å². The van der Waals surface area contributed by atoms with E-state index < -0.39 is 33.7 Å². The van der Waals surface area contributed by atoms with Crippen molar-refractivity contribution in [3.63, 3.8) is 0 Å². The zero-order valence-corrected chi connectivity index (χ0v) is 17.9. The highest BCUT2D eigenvalue weighted by molar-refractivity contribution is 7.89. The van der Waals surface area contributed by atoms with Gasteiger partial charge in [0, 0.05) is 32.7 Å². The minimum atomic E-state index is -3.77. The maximum absolute atomic E-state index is 14.1. The van der Waals surface area contributed by atoms with Crippen molar-refractivity contribution in [3.8, 4) is 0 Å². The largest absolute Gasteiger partial charge is 0.454 e. The summed E-state index contributed by atoms with van der Waals surface area (Å²) in [6.45, 7) is 2.90. The van der Waals surface area contributed by atoms with Crippen molar-refractivity contribution in [3.05, 3.63) is 59.2 Å². The molecular formula is C21H24F2N2O4S. The molecule has 1 atom stereocenters. The van der Waals surface area contributed by atoms with Crippen molar-refractivity contribution in [1.29, 1.82) is 0 Å². The van der Waals surface area contributed by atoms with Crippen LogP contribution in [0.1, 0.15) is 41.8 Å². The molecule has 0 bridgehead atoms.